The zero-order valence-corrected chi connectivity index (χ0v) is 20.4. The molecule has 4 aromatic rings. The number of carboxylic acids is 1. The van der Waals surface area contributed by atoms with Crippen LogP contribution in [0.2, 0.25) is 0 Å². The Morgan fingerprint density at radius 1 is 1.08 bits per heavy atom. The highest BCUT2D eigenvalue weighted by Gasteiger charge is 2.35. The molecule has 0 saturated heterocycles. The number of aryl methyl sites for hydroxylation is 2. The molecular weight excluding hydrogens is 514 g/mol. The van der Waals surface area contributed by atoms with Crippen molar-refractivity contribution in [2.75, 3.05) is 13.2 Å². The van der Waals surface area contributed by atoms with E-state index < -0.39 is 41.9 Å². The Labute approximate surface area is 213 Å². The summed E-state index contributed by atoms with van der Waals surface area (Å²) in [5.74, 6) is -3.03. The molecule has 0 fully saturated rings. The van der Waals surface area contributed by atoms with Crippen molar-refractivity contribution in [1.29, 1.82) is 0 Å². The summed E-state index contributed by atoms with van der Waals surface area (Å²) >= 11 is 0. The summed E-state index contributed by atoms with van der Waals surface area (Å²) in [6.45, 7) is 5.01. The van der Waals surface area contributed by atoms with Crippen LogP contribution in [0.5, 0.6) is 23.4 Å². The number of aromatic nitrogens is 3. The monoisotopic (exact) mass is 535 g/mol. The van der Waals surface area contributed by atoms with Crippen LogP contribution in [0.15, 0.2) is 34.7 Å². The van der Waals surface area contributed by atoms with Crippen LogP contribution in [0.25, 0.3) is 22.7 Å². The fourth-order valence-electron chi connectivity index (χ4n) is 3.59. The zero-order valence-electron chi connectivity index (χ0n) is 20.4. The first-order chi connectivity index (χ1) is 18.0. The van der Waals surface area contributed by atoms with Gasteiger partial charge in [0.05, 0.1) is 12.2 Å². The molecule has 0 radical (unpaired) electrons. The SMILES string of the molecule is CCCOc1nc(Oc2cccc(C(F)(F)F)c2F)nc2oc(-c3cc(C)c(OCC(=O)O)c(C)c3)nc12. The van der Waals surface area contributed by atoms with Crippen LogP contribution in [0.4, 0.5) is 17.6 Å². The van der Waals surface area contributed by atoms with Gasteiger partial charge in [-0.1, -0.05) is 13.0 Å². The first-order valence-electron chi connectivity index (χ1n) is 11.3. The van der Waals surface area contributed by atoms with E-state index in [0.29, 0.717) is 34.9 Å². The van der Waals surface area contributed by atoms with Crippen molar-refractivity contribution in [3.8, 4) is 34.8 Å². The third-order valence-corrected chi connectivity index (χ3v) is 5.17. The molecule has 0 bridgehead atoms. The average molecular weight is 535 g/mol. The van der Waals surface area contributed by atoms with E-state index in [0.717, 1.165) is 12.1 Å². The lowest BCUT2D eigenvalue weighted by molar-refractivity contribution is -0.140. The number of nitrogens with zero attached hydrogens (tertiary/aromatic N) is 3. The summed E-state index contributed by atoms with van der Waals surface area (Å²) < 4.78 is 75.8. The molecular formula is C25H21F4N3O6. The Bertz CT molecular complexity index is 1480. The number of oxazole rings is 1. The number of aliphatic carboxylic acids is 1. The van der Waals surface area contributed by atoms with Gasteiger partial charge in [-0.3, -0.25) is 0 Å². The predicted octanol–water partition coefficient (Wildman–Crippen LogP) is 6.10. The molecule has 0 aliphatic heterocycles. The standard InChI is InChI=1S/C25H21F4N3O6/c1-4-8-35-22-19-23(32-24(31-22)37-16-7-5-6-15(18(16)26)25(27,28)29)38-21(30-19)14-9-12(2)20(13(3)10-14)36-11-17(33)34/h5-7,9-10H,4,8,11H2,1-3H3,(H,33,34). The number of fused-ring (bicyclic) bond motifs is 1. The average Bonchev–Trinajstić information content (AvgIpc) is 3.27. The van der Waals surface area contributed by atoms with Gasteiger partial charge < -0.3 is 23.7 Å². The number of carboxylic acid groups (broad SMARTS) is 1. The van der Waals surface area contributed by atoms with Crippen molar-refractivity contribution in [3.05, 3.63) is 52.8 Å². The number of halogens is 4. The summed E-state index contributed by atoms with van der Waals surface area (Å²) in [6, 6.07) is 5.43. The minimum atomic E-state index is -4.92. The normalized spacial score (nSPS) is 11.6. The van der Waals surface area contributed by atoms with Crippen LogP contribution in [0.3, 0.4) is 0 Å². The van der Waals surface area contributed by atoms with E-state index in [1.165, 1.54) is 0 Å². The number of rotatable bonds is 9. The first kappa shape index (κ1) is 26.6. The Kier molecular flexibility index (Phi) is 7.37. The molecule has 4 rings (SSSR count). The van der Waals surface area contributed by atoms with E-state index in [2.05, 4.69) is 15.0 Å². The van der Waals surface area contributed by atoms with Gasteiger partial charge in [0.25, 0.3) is 11.6 Å². The molecule has 0 spiro atoms. The zero-order chi connectivity index (χ0) is 27.6. The summed E-state index contributed by atoms with van der Waals surface area (Å²) in [7, 11) is 0. The lowest BCUT2D eigenvalue weighted by atomic mass is 10.1. The highest BCUT2D eigenvalue weighted by Crippen LogP contribution is 2.37. The van der Waals surface area contributed by atoms with Crippen LogP contribution >= 0.6 is 0 Å². The number of benzene rings is 2. The predicted molar refractivity (Wildman–Crippen MR) is 125 cm³/mol. The van der Waals surface area contributed by atoms with E-state index in [-0.39, 0.29) is 29.6 Å². The van der Waals surface area contributed by atoms with Crippen molar-refractivity contribution in [3.63, 3.8) is 0 Å². The van der Waals surface area contributed by atoms with Crippen LogP contribution in [0, 0.1) is 19.7 Å². The van der Waals surface area contributed by atoms with Gasteiger partial charge in [0.15, 0.2) is 23.7 Å². The number of hydrogen-bond donors (Lipinski definition) is 1. The van der Waals surface area contributed by atoms with Crippen molar-refractivity contribution in [1.82, 2.24) is 15.0 Å². The second kappa shape index (κ2) is 10.5. The molecule has 38 heavy (non-hydrogen) atoms. The van der Waals surface area contributed by atoms with Gasteiger partial charge in [0.2, 0.25) is 5.89 Å². The van der Waals surface area contributed by atoms with Gasteiger partial charge in [-0.05, 0) is 55.7 Å². The van der Waals surface area contributed by atoms with E-state index in [4.69, 9.17) is 23.7 Å². The minimum Gasteiger partial charge on any atom is -0.481 e. The third kappa shape index (κ3) is 5.61. The molecule has 200 valence electrons. The largest absolute Gasteiger partial charge is 0.481 e. The lowest BCUT2D eigenvalue weighted by Gasteiger charge is -2.11. The van der Waals surface area contributed by atoms with Crippen molar-refractivity contribution in [2.24, 2.45) is 0 Å². The molecule has 2 aromatic carbocycles. The number of hydrogen-bond acceptors (Lipinski definition) is 8. The van der Waals surface area contributed by atoms with E-state index in [1.807, 2.05) is 6.92 Å². The van der Waals surface area contributed by atoms with Crippen LogP contribution in [-0.2, 0) is 11.0 Å². The maximum atomic E-state index is 14.5. The highest BCUT2D eigenvalue weighted by molar-refractivity contribution is 5.78. The van der Waals surface area contributed by atoms with E-state index in [9.17, 15) is 22.4 Å². The molecule has 0 aliphatic carbocycles. The fourth-order valence-corrected chi connectivity index (χ4v) is 3.59. The Hall–Kier alpha value is -4.42. The summed E-state index contributed by atoms with van der Waals surface area (Å²) in [4.78, 5) is 23.4. The molecule has 0 amide bonds. The Morgan fingerprint density at radius 3 is 2.42 bits per heavy atom. The van der Waals surface area contributed by atoms with Crippen LogP contribution in [0.1, 0.15) is 30.0 Å². The topological polar surface area (TPSA) is 117 Å². The van der Waals surface area contributed by atoms with E-state index >= 15 is 0 Å². The van der Waals surface area contributed by atoms with Crippen LogP contribution in [-0.4, -0.2) is 39.2 Å². The minimum absolute atomic E-state index is 0.0657. The van der Waals surface area contributed by atoms with Crippen molar-refractivity contribution in [2.45, 2.75) is 33.4 Å². The molecule has 0 saturated carbocycles. The molecule has 2 heterocycles. The van der Waals surface area contributed by atoms with E-state index in [1.54, 1.807) is 26.0 Å². The summed E-state index contributed by atoms with van der Waals surface area (Å²) in [5.41, 5.74) is 0.273. The van der Waals surface area contributed by atoms with Gasteiger partial charge in [-0.2, -0.15) is 23.1 Å². The first-order valence-corrected chi connectivity index (χ1v) is 11.3. The Balaban J connectivity index is 1.74. The number of alkyl halides is 3. The number of carbonyl (C=O) groups is 1. The summed E-state index contributed by atoms with van der Waals surface area (Å²) in [6.07, 6.45) is -4.32. The summed E-state index contributed by atoms with van der Waals surface area (Å²) in [5, 5.41) is 8.88. The third-order valence-electron chi connectivity index (χ3n) is 5.17. The Morgan fingerprint density at radius 2 is 1.79 bits per heavy atom. The van der Waals surface area contributed by atoms with Gasteiger partial charge in [0, 0.05) is 5.56 Å². The molecule has 2 aromatic heterocycles. The molecule has 1 N–H and O–H groups in total. The van der Waals surface area contributed by atoms with Gasteiger partial charge in [-0.25, -0.2) is 14.2 Å². The van der Waals surface area contributed by atoms with Gasteiger partial charge >= 0.3 is 18.2 Å². The second-order valence-electron chi connectivity index (χ2n) is 8.17. The molecule has 9 nitrogen and oxygen atoms in total. The van der Waals surface area contributed by atoms with Gasteiger partial charge in [-0.15, -0.1) is 0 Å². The van der Waals surface area contributed by atoms with Crippen LogP contribution < -0.4 is 14.2 Å². The van der Waals surface area contributed by atoms with Gasteiger partial charge in [0.1, 0.15) is 5.75 Å². The molecule has 0 atom stereocenters. The highest BCUT2D eigenvalue weighted by atomic mass is 19.4. The second-order valence-corrected chi connectivity index (χ2v) is 8.17. The molecule has 0 unspecified atom stereocenters. The van der Waals surface area contributed by atoms with Crippen molar-refractivity contribution >= 4 is 17.2 Å². The molecule has 0 aliphatic rings. The number of ether oxygens (including phenoxy) is 3. The molecule has 13 heteroatoms. The maximum absolute atomic E-state index is 14.5. The quantitative estimate of drug-likeness (QED) is 0.254. The lowest BCUT2D eigenvalue weighted by Crippen LogP contribution is -2.10. The fraction of sp³-hybridized carbons (Fsp3) is 0.280. The maximum Gasteiger partial charge on any atom is 0.419 e. The smallest absolute Gasteiger partial charge is 0.419 e. The van der Waals surface area contributed by atoms with Crippen molar-refractivity contribution < 1.29 is 46.1 Å².